The summed E-state index contributed by atoms with van der Waals surface area (Å²) in [6, 6.07) is 15.7. The number of anilines is 1. The summed E-state index contributed by atoms with van der Waals surface area (Å²) < 4.78 is 0. The fourth-order valence-corrected chi connectivity index (χ4v) is 3.85. The predicted octanol–water partition coefficient (Wildman–Crippen LogP) is 3.03. The second kappa shape index (κ2) is 10.9. The molecule has 0 saturated carbocycles. The summed E-state index contributed by atoms with van der Waals surface area (Å²) in [4.78, 5) is 21.3. The monoisotopic (exact) mass is 427 g/mol. The van der Waals surface area contributed by atoms with Crippen molar-refractivity contribution in [2.45, 2.75) is 13.3 Å². The molecule has 6 nitrogen and oxygen atoms in total. The van der Waals surface area contributed by atoms with Crippen LogP contribution in [0, 0.1) is 0 Å². The van der Waals surface area contributed by atoms with E-state index in [1.807, 2.05) is 42.5 Å². The third-order valence-corrected chi connectivity index (χ3v) is 5.51. The summed E-state index contributed by atoms with van der Waals surface area (Å²) in [5, 5.41) is 6.87. The van der Waals surface area contributed by atoms with Crippen LogP contribution in [0.5, 0.6) is 0 Å². The second-order valence-corrected chi connectivity index (χ2v) is 7.60. The molecule has 1 saturated heterocycles. The minimum absolute atomic E-state index is 0.0647. The van der Waals surface area contributed by atoms with E-state index in [1.165, 1.54) is 0 Å². The average Bonchev–Trinajstić information content (AvgIpc) is 2.79. The highest BCUT2D eigenvalue weighted by molar-refractivity contribution is 6.33. The molecule has 0 radical (unpaired) electrons. The number of nitrogens with zero attached hydrogens (tertiary/aromatic N) is 3. The van der Waals surface area contributed by atoms with Crippen molar-refractivity contribution in [3.8, 4) is 0 Å². The highest BCUT2D eigenvalue weighted by atomic mass is 35.5. The summed E-state index contributed by atoms with van der Waals surface area (Å²) >= 11 is 6.36. The molecule has 2 N–H and O–H groups in total. The molecule has 2 aromatic rings. The third kappa shape index (κ3) is 5.66. The minimum Gasteiger partial charge on any atom is -0.367 e. The summed E-state index contributed by atoms with van der Waals surface area (Å²) in [6.45, 7) is 7.18. The van der Waals surface area contributed by atoms with Gasteiger partial charge in [0, 0.05) is 51.9 Å². The number of rotatable bonds is 6. The van der Waals surface area contributed by atoms with Gasteiger partial charge in [0.25, 0.3) is 5.91 Å². The number of nitrogens with one attached hydrogen (secondary N) is 2. The largest absolute Gasteiger partial charge is 0.367 e. The predicted molar refractivity (Wildman–Crippen MR) is 125 cm³/mol. The zero-order valence-electron chi connectivity index (χ0n) is 17.7. The third-order valence-electron chi connectivity index (χ3n) is 5.19. The lowest BCUT2D eigenvalue weighted by atomic mass is 10.1. The van der Waals surface area contributed by atoms with Crippen LogP contribution in [0.4, 0.5) is 5.69 Å². The molecule has 3 rings (SSSR count). The van der Waals surface area contributed by atoms with E-state index in [-0.39, 0.29) is 5.91 Å². The first-order valence-electron chi connectivity index (χ1n) is 10.5. The maximum Gasteiger partial charge on any atom is 0.251 e. The van der Waals surface area contributed by atoms with Crippen LogP contribution in [0.3, 0.4) is 0 Å². The van der Waals surface area contributed by atoms with Gasteiger partial charge in [-0.15, -0.1) is 0 Å². The van der Waals surface area contributed by atoms with Gasteiger partial charge in [-0.1, -0.05) is 35.9 Å². The smallest absolute Gasteiger partial charge is 0.251 e. The van der Waals surface area contributed by atoms with Crippen LogP contribution in [0.15, 0.2) is 53.5 Å². The molecule has 7 heteroatoms. The van der Waals surface area contributed by atoms with Gasteiger partial charge < -0.3 is 20.4 Å². The second-order valence-electron chi connectivity index (χ2n) is 7.19. The van der Waals surface area contributed by atoms with E-state index >= 15 is 0 Å². The van der Waals surface area contributed by atoms with Crippen molar-refractivity contribution < 1.29 is 4.79 Å². The van der Waals surface area contributed by atoms with E-state index in [2.05, 4.69) is 33.4 Å². The van der Waals surface area contributed by atoms with Gasteiger partial charge in [0.1, 0.15) is 0 Å². The number of piperazine rings is 1. The summed E-state index contributed by atoms with van der Waals surface area (Å²) in [6.07, 6.45) is 0.791. The van der Waals surface area contributed by atoms with E-state index in [1.54, 1.807) is 7.05 Å². The molecule has 0 atom stereocenters. The number of guanidine groups is 1. The molecule has 0 unspecified atom stereocenters. The van der Waals surface area contributed by atoms with Crippen LogP contribution < -0.4 is 15.5 Å². The minimum atomic E-state index is -0.0647. The molecule has 1 aliphatic heterocycles. The normalized spacial score (nSPS) is 14.6. The lowest BCUT2D eigenvalue weighted by Crippen LogP contribution is -2.52. The Kier molecular flexibility index (Phi) is 7.97. The fraction of sp³-hybridized carbons (Fsp3) is 0.391. The van der Waals surface area contributed by atoms with E-state index in [4.69, 9.17) is 16.6 Å². The average molecular weight is 428 g/mol. The molecule has 0 bridgehead atoms. The van der Waals surface area contributed by atoms with Crippen molar-refractivity contribution in [1.29, 1.82) is 0 Å². The molecule has 1 aliphatic rings. The van der Waals surface area contributed by atoms with Gasteiger partial charge in [-0.2, -0.15) is 0 Å². The standard InChI is InChI=1S/C23H30ClN5O/c1-3-26-23(27-12-11-18-7-6-8-19(17-18)22(30)25-2)29-15-13-28(14-16-29)21-10-5-4-9-20(21)24/h4-10,17H,3,11-16H2,1-2H3,(H,25,30)(H,26,27). The molecule has 1 amide bonds. The van der Waals surface area contributed by atoms with E-state index < -0.39 is 0 Å². The molecule has 1 heterocycles. The first-order valence-corrected chi connectivity index (χ1v) is 10.8. The summed E-state index contributed by atoms with van der Waals surface area (Å²) in [5.41, 5.74) is 2.89. The zero-order valence-corrected chi connectivity index (χ0v) is 18.5. The number of carbonyl (C=O) groups excluding carboxylic acids is 1. The molecule has 0 aromatic heterocycles. The van der Waals surface area contributed by atoms with Gasteiger partial charge in [0.05, 0.1) is 10.7 Å². The Bertz CT molecular complexity index is 877. The van der Waals surface area contributed by atoms with Crippen LogP contribution >= 0.6 is 11.6 Å². The van der Waals surface area contributed by atoms with Gasteiger partial charge in [0.2, 0.25) is 0 Å². The zero-order chi connectivity index (χ0) is 21.3. The number of hydrogen-bond donors (Lipinski definition) is 2. The van der Waals surface area contributed by atoms with Crippen molar-refractivity contribution in [2.24, 2.45) is 4.99 Å². The first-order chi connectivity index (χ1) is 14.6. The molecule has 0 aliphatic carbocycles. The molecule has 30 heavy (non-hydrogen) atoms. The number of aliphatic imine (C=N–C) groups is 1. The van der Waals surface area contributed by atoms with Crippen molar-refractivity contribution in [3.63, 3.8) is 0 Å². The van der Waals surface area contributed by atoms with Crippen LogP contribution in [0.25, 0.3) is 0 Å². The molecular formula is C23H30ClN5O. The van der Waals surface area contributed by atoms with Gasteiger partial charge in [-0.05, 0) is 43.2 Å². The van der Waals surface area contributed by atoms with Gasteiger partial charge >= 0.3 is 0 Å². The van der Waals surface area contributed by atoms with Gasteiger partial charge in [0.15, 0.2) is 5.96 Å². The number of amides is 1. The Morgan fingerprint density at radius 3 is 2.57 bits per heavy atom. The SMILES string of the molecule is CCNC(=NCCc1cccc(C(=O)NC)c1)N1CCN(c2ccccc2Cl)CC1. The van der Waals surface area contributed by atoms with Crippen LogP contribution in [0.1, 0.15) is 22.8 Å². The lowest BCUT2D eigenvalue weighted by molar-refractivity contribution is 0.0963. The van der Waals surface area contributed by atoms with E-state index in [9.17, 15) is 4.79 Å². The van der Waals surface area contributed by atoms with Crippen LogP contribution in [0.2, 0.25) is 5.02 Å². The van der Waals surface area contributed by atoms with Crippen molar-refractivity contribution in [1.82, 2.24) is 15.5 Å². The number of hydrogen-bond acceptors (Lipinski definition) is 3. The Hall–Kier alpha value is -2.73. The molecular weight excluding hydrogens is 398 g/mol. The quantitative estimate of drug-likeness (QED) is 0.549. The molecule has 2 aromatic carbocycles. The topological polar surface area (TPSA) is 60.0 Å². The number of benzene rings is 2. The van der Waals surface area contributed by atoms with Crippen LogP contribution in [-0.4, -0.2) is 63.1 Å². The van der Waals surface area contributed by atoms with E-state index in [0.29, 0.717) is 12.1 Å². The van der Waals surface area contributed by atoms with Gasteiger partial charge in [-0.25, -0.2) is 0 Å². The van der Waals surface area contributed by atoms with Crippen molar-refractivity contribution in [2.75, 3.05) is 51.2 Å². The van der Waals surface area contributed by atoms with Gasteiger partial charge in [-0.3, -0.25) is 9.79 Å². The first kappa shape index (κ1) is 22.0. The number of carbonyl (C=O) groups is 1. The van der Waals surface area contributed by atoms with Crippen LogP contribution in [-0.2, 0) is 6.42 Å². The Morgan fingerprint density at radius 1 is 1.10 bits per heavy atom. The number of para-hydroxylation sites is 1. The number of halogens is 1. The summed E-state index contributed by atoms with van der Waals surface area (Å²) in [5.74, 6) is 0.879. The molecule has 1 fully saturated rings. The lowest BCUT2D eigenvalue weighted by Gasteiger charge is -2.38. The maximum atomic E-state index is 11.8. The Labute approximate surface area is 183 Å². The van der Waals surface area contributed by atoms with Crippen molar-refractivity contribution in [3.05, 3.63) is 64.7 Å². The Morgan fingerprint density at radius 2 is 1.87 bits per heavy atom. The molecule has 160 valence electrons. The highest BCUT2D eigenvalue weighted by Gasteiger charge is 2.20. The fourth-order valence-electron chi connectivity index (χ4n) is 3.60. The maximum absolute atomic E-state index is 11.8. The molecule has 0 spiro atoms. The Balaban J connectivity index is 1.59. The highest BCUT2D eigenvalue weighted by Crippen LogP contribution is 2.26. The summed E-state index contributed by atoms with van der Waals surface area (Å²) in [7, 11) is 1.65. The van der Waals surface area contributed by atoms with Crippen molar-refractivity contribution >= 4 is 29.2 Å². The van der Waals surface area contributed by atoms with E-state index in [0.717, 1.165) is 61.4 Å².